The molecule has 0 N–H and O–H groups in total. The minimum atomic E-state index is -0.735. The molecule has 0 bridgehead atoms. The van der Waals surface area contributed by atoms with Crippen molar-refractivity contribution in [3.8, 4) is 0 Å². The number of aryl methyl sites for hydroxylation is 1. The summed E-state index contributed by atoms with van der Waals surface area (Å²) in [7, 11) is 0. The Morgan fingerprint density at radius 3 is 2.21 bits per heavy atom. The highest BCUT2D eigenvalue weighted by atomic mass is 35.5. The molecule has 3 aliphatic heterocycles. The first kappa shape index (κ1) is 21.9. The fraction of sp³-hybridized carbons (Fsp3) is 0.370. The number of carbonyl (C=O) groups is 3. The summed E-state index contributed by atoms with van der Waals surface area (Å²) in [5, 5.41) is 0.530. The van der Waals surface area contributed by atoms with E-state index in [9.17, 15) is 14.4 Å². The van der Waals surface area contributed by atoms with E-state index in [-0.39, 0.29) is 23.6 Å². The van der Waals surface area contributed by atoms with Crippen molar-refractivity contribution in [3.63, 3.8) is 0 Å². The van der Waals surface area contributed by atoms with Crippen molar-refractivity contribution >= 4 is 46.1 Å². The molecular weight excluding hydrogens is 436 g/mol. The standard InChI is InChI=1S/C27H27ClN2O3/c1-14-6-11-19-18(12-14)15(2)13-20-21-22(23(30(19)20)24(31)27(3,4)5)26(33)29(25(21)32)17-9-7-16(28)8-10-17/h6-13,20-23H,1-5H3/t20-,21-,22-,23+/m1/s1. The minimum absolute atomic E-state index is 0.0291. The van der Waals surface area contributed by atoms with Crippen molar-refractivity contribution in [1.82, 2.24) is 0 Å². The maximum absolute atomic E-state index is 13.8. The predicted molar refractivity (Wildman–Crippen MR) is 130 cm³/mol. The van der Waals surface area contributed by atoms with Gasteiger partial charge in [-0.25, -0.2) is 4.90 Å². The average Bonchev–Trinajstić information content (AvgIpc) is 3.21. The van der Waals surface area contributed by atoms with Crippen LogP contribution in [-0.4, -0.2) is 29.7 Å². The monoisotopic (exact) mass is 462 g/mol. The van der Waals surface area contributed by atoms with Gasteiger partial charge in [-0.2, -0.15) is 0 Å². The molecule has 0 aromatic heterocycles. The number of rotatable bonds is 2. The number of amides is 2. The van der Waals surface area contributed by atoms with Crippen molar-refractivity contribution in [2.75, 3.05) is 9.80 Å². The number of anilines is 2. The van der Waals surface area contributed by atoms with Crippen LogP contribution in [0.25, 0.3) is 5.57 Å². The molecule has 170 valence electrons. The van der Waals surface area contributed by atoms with Crippen molar-refractivity contribution in [2.24, 2.45) is 17.3 Å². The molecule has 2 aromatic rings. The third kappa shape index (κ3) is 3.17. The lowest BCUT2D eigenvalue weighted by Gasteiger charge is -2.39. The van der Waals surface area contributed by atoms with Crippen LogP contribution >= 0.6 is 11.6 Å². The average molecular weight is 463 g/mol. The molecule has 33 heavy (non-hydrogen) atoms. The van der Waals surface area contributed by atoms with Gasteiger partial charge in [-0.15, -0.1) is 0 Å². The lowest BCUT2D eigenvalue weighted by atomic mass is 9.79. The van der Waals surface area contributed by atoms with Gasteiger partial charge >= 0.3 is 0 Å². The second-order valence-electron chi connectivity index (χ2n) is 10.4. The summed E-state index contributed by atoms with van der Waals surface area (Å²) in [6, 6.07) is 11.8. The number of Topliss-reactive ketones (excluding diaryl/α,β-unsaturated/α-hetero) is 1. The molecule has 2 fully saturated rings. The molecule has 6 heteroatoms. The van der Waals surface area contributed by atoms with Crippen LogP contribution in [0.1, 0.15) is 38.8 Å². The molecule has 0 radical (unpaired) electrons. The lowest BCUT2D eigenvalue weighted by Crippen LogP contribution is -2.51. The number of allylic oxidation sites excluding steroid dienone is 1. The van der Waals surface area contributed by atoms with Gasteiger partial charge in [0.25, 0.3) is 0 Å². The molecule has 2 amide bonds. The van der Waals surface area contributed by atoms with Gasteiger partial charge in [-0.05, 0) is 55.8 Å². The van der Waals surface area contributed by atoms with E-state index < -0.39 is 23.3 Å². The Hall–Kier alpha value is -2.92. The van der Waals surface area contributed by atoms with Gasteiger partial charge in [0, 0.05) is 21.7 Å². The first-order valence-electron chi connectivity index (χ1n) is 11.3. The molecule has 3 aliphatic rings. The van der Waals surface area contributed by atoms with Gasteiger partial charge in [0.2, 0.25) is 11.8 Å². The quantitative estimate of drug-likeness (QED) is 0.586. The highest BCUT2D eigenvalue weighted by Crippen LogP contribution is 2.51. The maximum atomic E-state index is 13.8. The topological polar surface area (TPSA) is 57.7 Å². The fourth-order valence-corrected chi connectivity index (χ4v) is 5.67. The summed E-state index contributed by atoms with van der Waals surface area (Å²) in [5.41, 5.74) is 3.97. The Balaban J connectivity index is 1.68. The summed E-state index contributed by atoms with van der Waals surface area (Å²) >= 11 is 6.02. The molecule has 5 rings (SSSR count). The zero-order valence-corrected chi connectivity index (χ0v) is 20.2. The zero-order chi connectivity index (χ0) is 23.8. The van der Waals surface area contributed by atoms with Crippen LogP contribution in [0, 0.1) is 24.2 Å². The number of halogens is 1. The van der Waals surface area contributed by atoms with E-state index in [2.05, 4.69) is 12.1 Å². The fourth-order valence-electron chi connectivity index (χ4n) is 5.54. The summed E-state index contributed by atoms with van der Waals surface area (Å²) in [5.74, 6) is -1.95. The van der Waals surface area contributed by atoms with Crippen LogP contribution < -0.4 is 9.80 Å². The Kier molecular flexibility index (Phi) is 4.84. The van der Waals surface area contributed by atoms with Crippen LogP contribution in [0.5, 0.6) is 0 Å². The SMILES string of the molecule is CC1=C[C@@H]2[C@H]3C(=O)N(c4ccc(Cl)cc4)C(=O)[C@H]3[C@@H](C(=O)C(C)(C)C)N2c2ccc(C)cc21. The van der Waals surface area contributed by atoms with Gasteiger partial charge < -0.3 is 4.90 Å². The van der Waals surface area contributed by atoms with Crippen molar-refractivity contribution in [3.05, 3.63) is 64.7 Å². The molecule has 0 saturated carbocycles. The Morgan fingerprint density at radius 2 is 1.58 bits per heavy atom. The van der Waals surface area contributed by atoms with E-state index >= 15 is 0 Å². The van der Waals surface area contributed by atoms with Crippen LogP contribution in [0.4, 0.5) is 11.4 Å². The van der Waals surface area contributed by atoms with Gasteiger partial charge in [-0.3, -0.25) is 14.4 Å². The highest BCUT2D eigenvalue weighted by molar-refractivity contribution is 6.31. The van der Waals surface area contributed by atoms with E-state index in [1.165, 1.54) is 4.90 Å². The maximum Gasteiger partial charge on any atom is 0.240 e. The number of benzene rings is 2. The number of nitrogens with zero attached hydrogens (tertiary/aromatic N) is 2. The molecule has 2 saturated heterocycles. The number of ketones is 1. The first-order chi connectivity index (χ1) is 15.5. The Labute approximate surface area is 199 Å². The van der Waals surface area contributed by atoms with E-state index in [0.717, 1.165) is 22.4 Å². The van der Waals surface area contributed by atoms with Crippen LogP contribution in [0.15, 0.2) is 48.5 Å². The summed E-state index contributed by atoms with van der Waals surface area (Å²) in [6.07, 6.45) is 2.06. The molecule has 0 unspecified atom stereocenters. The summed E-state index contributed by atoms with van der Waals surface area (Å²) < 4.78 is 0. The number of fused-ring (bicyclic) bond motifs is 5. The Bertz CT molecular complexity index is 1220. The van der Waals surface area contributed by atoms with Gasteiger partial charge in [0.15, 0.2) is 5.78 Å². The molecule has 5 nitrogen and oxygen atoms in total. The first-order valence-corrected chi connectivity index (χ1v) is 11.6. The number of imide groups is 1. The van der Waals surface area contributed by atoms with Crippen molar-refractivity contribution in [2.45, 2.75) is 46.7 Å². The summed E-state index contributed by atoms with van der Waals surface area (Å²) in [6.45, 7) is 9.68. The molecule has 0 spiro atoms. The van der Waals surface area contributed by atoms with Crippen LogP contribution in [-0.2, 0) is 14.4 Å². The second-order valence-corrected chi connectivity index (χ2v) is 10.8. The van der Waals surface area contributed by atoms with Gasteiger partial charge in [0.1, 0.15) is 6.04 Å². The van der Waals surface area contributed by atoms with E-state index in [4.69, 9.17) is 11.6 Å². The minimum Gasteiger partial charge on any atom is -0.353 e. The highest BCUT2D eigenvalue weighted by Gasteiger charge is 2.65. The second kappa shape index (κ2) is 7.29. The molecule has 0 aliphatic carbocycles. The van der Waals surface area contributed by atoms with E-state index in [1.54, 1.807) is 24.3 Å². The molecular formula is C27H27ClN2O3. The smallest absolute Gasteiger partial charge is 0.240 e. The van der Waals surface area contributed by atoms with E-state index in [0.29, 0.717) is 10.7 Å². The third-order valence-electron chi connectivity index (χ3n) is 7.10. The zero-order valence-electron chi connectivity index (χ0n) is 19.4. The normalized spacial score (nSPS) is 26.2. The van der Waals surface area contributed by atoms with E-state index in [1.807, 2.05) is 51.7 Å². The number of hydrogen-bond acceptors (Lipinski definition) is 4. The molecule has 2 aromatic carbocycles. The van der Waals surface area contributed by atoms with Crippen LogP contribution in [0.3, 0.4) is 0 Å². The van der Waals surface area contributed by atoms with Gasteiger partial charge in [-0.1, -0.05) is 50.1 Å². The largest absolute Gasteiger partial charge is 0.353 e. The lowest BCUT2D eigenvalue weighted by molar-refractivity contribution is -0.132. The number of carbonyl (C=O) groups excluding carboxylic acids is 3. The Morgan fingerprint density at radius 1 is 0.939 bits per heavy atom. The van der Waals surface area contributed by atoms with Crippen molar-refractivity contribution < 1.29 is 14.4 Å². The third-order valence-corrected chi connectivity index (χ3v) is 7.35. The van der Waals surface area contributed by atoms with Crippen LogP contribution in [0.2, 0.25) is 5.02 Å². The number of hydrogen-bond donors (Lipinski definition) is 0. The van der Waals surface area contributed by atoms with Gasteiger partial charge in [0.05, 0.1) is 23.6 Å². The molecule has 4 atom stereocenters. The summed E-state index contributed by atoms with van der Waals surface area (Å²) in [4.78, 5) is 44.6. The molecule has 3 heterocycles. The predicted octanol–water partition coefficient (Wildman–Crippen LogP) is 5.04. The van der Waals surface area contributed by atoms with Crippen molar-refractivity contribution in [1.29, 1.82) is 0 Å².